The summed E-state index contributed by atoms with van der Waals surface area (Å²) in [7, 11) is 1.62. The normalized spacial score (nSPS) is 13.5. The van der Waals surface area contributed by atoms with Crippen LogP contribution in [-0.2, 0) is 6.54 Å². The Kier molecular flexibility index (Phi) is 4.95. The van der Waals surface area contributed by atoms with Crippen molar-refractivity contribution in [1.29, 1.82) is 0 Å². The lowest BCUT2D eigenvalue weighted by Gasteiger charge is -2.27. The first-order valence-electron chi connectivity index (χ1n) is 10.2. The van der Waals surface area contributed by atoms with E-state index in [1.807, 2.05) is 64.9 Å². The third kappa shape index (κ3) is 3.79. The molecular formula is C23H23N7O. The molecular weight excluding hydrogens is 390 g/mol. The number of nitrogens with zero attached hydrogens (tertiary/aromatic N) is 7. The zero-order valence-electron chi connectivity index (χ0n) is 17.5. The van der Waals surface area contributed by atoms with Gasteiger partial charge in [-0.2, -0.15) is 4.98 Å². The van der Waals surface area contributed by atoms with E-state index in [9.17, 15) is 0 Å². The molecule has 0 radical (unpaired) electrons. The van der Waals surface area contributed by atoms with Gasteiger partial charge in [-0.05, 0) is 49.8 Å². The number of pyridine rings is 1. The standard InChI is InChI=1S/C23H23N7O/c1-17-15-28(16-24-17)20-11-9-18(25-22(20)31-2)10-12-21-26-23-29(13-6-14-30(23)27-21)19-7-4-3-5-8-19/h3-5,7-12,15-16H,6,13-14H2,1-2H3/b12-10+. The highest BCUT2D eigenvalue weighted by molar-refractivity contribution is 5.67. The lowest BCUT2D eigenvalue weighted by atomic mass is 10.2. The quantitative estimate of drug-likeness (QED) is 0.494. The molecule has 1 aliphatic heterocycles. The molecule has 3 aromatic heterocycles. The van der Waals surface area contributed by atoms with E-state index in [2.05, 4.69) is 32.1 Å². The van der Waals surface area contributed by atoms with Crippen molar-refractivity contribution in [3.8, 4) is 11.6 Å². The van der Waals surface area contributed by atoms with Gasteiger partial charge in [-0.25, -0.2) is 14.6 Å². The van der Waals surface area contributed by atoms with Crippen LogP contribution in [-0.4, -0.2) is 43.0 Å². The Hall–Kier alpha value is -3.94. The summed E-state index contributed by atoms with van der Waals surface area (Å²) in [6.07, 6.45) is 8.51. The molecule has 0 aliphatic carbocycles. The zero-order valence-corrected chi connectivity index (χ0v) is 17.5. The van der Waals surface area contributed by atoms with E-state index < -0.39 is 0 Å². The maximum absolute atomic E-state index is 5.50. The average Bonchev–Trinajstić information content (AvgIpc) is 3.43. The first-order chi connectivity index (χ1) is 15.2. The summed E-state index contributed by atoms with van der Waals surface area (Å²) in [5, 5.41) is 4.66. The number of hydrogen-bond donors (Lipinski definition) is 0. The van der Waals surface area contributed by atoms with Gasteiger partial charge in [-0.15, -0.1) is 5.10 Å². The van der Waals surface area contributed by atoms with E-state index in [-0.39, 0.29) is 0 Å². The molecule has 0 N–H and O–H groups in total. The number of methoxy groups -OCH3 is 1. The fourth-order valence-electron chi connectivity index (χ4n) is 3.70. The summed E-state index contributed by atoms with van der Waals surface area (Å²) in [5.41, 5.74) is 3.67. The van der Waals surface area contributed by atoms with Crippen LogP contribution in [0.15, 0.2) is 55.0 Å². The first kappa shape index (κ1) is 19.0. The van der Waals surface area contributed by atoms with Crippen LogP contribution in [0.2, 0.25) is 0 Å². The molecule has 0 spiro atoms. The molecule has 1 aliphatic rings. The number of hydrogen-bond acceptors (Lipinski definition) is 6. The van der Waals surface area contributed by atoms with Gasteiger partial charge in [0.1, 0.15) is 5.69 Å². The van der Waals surface area contributed by atoms with E-state index >= 15 is 0 Å². The molecule has 0 unspecified atom stereocenters. The van der Waals surface area contributed by atoms with Crippen LogP contribution < -0.4 is 9.64 Å². The van der Waals surface area contributed by atoms with Gasteiger partial charge >= 0.3 is 0 Å². The Morgan fingerprint density at radius 2 is 1.87 bits per heavy atom. The zero-order chi connectivity index (χ0) is 21.2. The Labute approximate surface area is 180 Å². The molecule has 0 fully saturated rings. The molecule has 0 saturated heterocycles. The summed E-state index contributed by atoms with van der Waals surface area (Å²) in [6.45, 7) is 3.74. The van der Waals surface area contributed by atoms with Gasteiger partial charge in [-0.1, -0.05) is 18.2 Å². The minimum atomic E-state index is 0.534. The second kappa shape index (κ2) is 8.06. The third-order valence-electron chi connectivity index (χ3n) is 5.18. The van der Waals surface area contributed by atoms with Gasteiger partial charge in [0.15, 0.2) is 5.82 Å². The highest BCUT2D eigenvalue weighted by Gasteiger charge is 2.21. The number of fused-ring (bicyclic) bond motifs is 1. The minimum Gasteiger partial charge on any atom is -0.479 e. The smallest absolute Gasteiger partial charge is 0.238 e. The third-order valence-corrected chi connectivity index (χ3v) is 5.18. The summed E-state index contributed by atoms with van der Waals surface area (Å²) in [4.78, 5) is 15.8. The number of rotatable bonds is 5. The van der Waals surface area contributed by atoms with E-state index in [0.29, 0.717) is 11.7 Å². The van der Waals surface area contributed by atoms with E-state index in [1.165, 1.54) is 0 Å². The van der Waals surface area contributed by atoms with Crippen LogP contribution in [0.4, 0.5) is 11.6 Å². The van der Waals surface area contributed by atoms with Gasteiger partial charge < -0.3 is 14.2 Å². The highest BCUT2D eigenvalue weighted by Crippen LogP contribution is 2.28. The molecule has 156 valence electrons. The van der Waals surface area contributed by atoms with Crippen molar-refractivity contribution in [3.05, 3.63) is 72.2 Å². The fourth-order valence-corrected chi connectivity index (χ4v) is 3.70. The number of aryl methyl sites for hydroxylation is 2. The van der Waals surface area contributed by atoms with Gasteiger partial charge in [-0.3, -0.25) is 0 Å². The monoisotopic (exact) mass is 413 g/mol. The van der Waals surface area contributed by atoms with Gasteiger partial charge in [0.25, 0.3) is 0 Å². The number of anilines is 2. The maximum atomic E-state index is 5.50. The number of para-hydroxylation sites is 1. The van der Waals surface area contributed by atoms with Crippen molar-refractivity contribution < 1.29 is 4.74 Å². The van der Waals surface area contributed by atoms with Crippen molar-refractivity contribution in [2.24, 2.45) is 0 Å². The number of imidazole rings is 1. The molecule has 0 saturated carbocycles. The van der Waals surface area contributed by atoms with Crippen molar-refractivity contribution in [2.45, 2.75) is 19.9 Å². The Morgan fingerprint density at radius 1 is 1.00 bits per heavy atom. The lowest BCUT2D eigenvalue weighted by Crippen LogP contribution is -2.28. The van der Waals surface area contributed by atoms with Crippen LogP contribution in [0.1, 0.15) is 23.6 Å². The molecule has 8 nitrogen and oxygen atoms in total. The average molecular weight is 413 g/mol. The van der Waals surface area contributed by atoms with Crippen molar-refractivity contribution in [1.82, 2.24) is 29.3 Å². The molecule has 0 atom stereocenters. The van der Waals surface area contributed by atoms with Crippen LogP contribution in [0.3, 0.4) is 0 Å². The molecule has 8 heteroatoms. The van der Waals surface area contributed by atoms with Crippen molar-refractivity contribution in [2.75, 3.05) is 18.6 Å². The van der Waals surface area contributed by atoms with Gasteiger partial charge in [0.05, 0.1) is 24.8 Å². The second-order valence-electron chi connectivity index (χ2n) is 7.35. The number of aromatic nitrogens is 6. The Balaban J connectivity index is 1.41. The molecule has 1 aromatic carbocycles. The summed E-state index contributed by atoms with van der Waals surface area (Å²) in [5.74, 6) is 2.06. The molecule has 31 heavy (non-hydrogen) atoms. The van der Waals surface area contributed by atoms with Gasteiger partial charge in [0, 0.05) is 25.0 Å². The van der Waals surface area contributed by atoms with Gasteiger partial charge in [0.2, 0.25) is 11.8 Å². The molecule has 0 amide bonds. The minimum absolute atomic E-state index is 0.534. The fraction of sp³-hybridized carbons (Fsp3) is 0.217. The van der Waals surface area contributed by atoms with Crippen molar-refractivity contribution in [3.63, 3.8) is 0 Å². The van der Waals surface area contributed by atoms with Crippen LogP contribution in [0.5, 0.6) is 5.88 Å². The first-order valence-corrected chi connectivity index (χ1v) is 10.2. The predicted octanol–water partition coefficient (Wildman–Crippen LogP) is 3.89. The number of benzene rings is 1. The topological polar surface area (TPSA) is 73.9 Å². The Bertz CT molecular complexity index is 1230. The van der Waals surface area contributed by atoms with Crippen molar-refractivity contribution >= 4 is 23.8 Å². The summed E-state index contributed by atoms with van der Waals surface area (Å²) in [6, 6.07) is 14.2. The maximum Gasteiger partial charge on any atom is 0.238 e. The molecule has 0 bridgehead atoms. The molecule has 5 rings (SSSR count). The lowest BCUT2D eigenvalue weighted by molar-refractivity contribution is 0.395. The van der Waals surface area contributed by atoms with Crippen LogP contribution in [0, 0.1) is 6.92 Å². The largest absolute Gasteiger partial charge is 0.479 e. The predicted molar refractivity (Wildman–Crippen MR) is 120 cm³/mol. The second-order valence-corrected chi connectivity index (χ2v) is 7.35. The highest BCUT2D eigenvalue weighted by atomic mass is 16.5. The number of ether oxygens (including phenoxy) is 1. The van der Waals surface area contributed by atoms with Crippen LogP contribution in [0.25, 0.3) is 17.8 Å². The van der Waals surface area contributed by atoms with E-state index in [4.69, 9.17) is 9.72 Å². The van der Waals surface area contributed by atoms with E-state index in [0.717, 1.165) is 48.2 Å². The van der Waals surface area contributed by atoms with Crippen LogP contribution >= 0.6 is 0 Å². The SMILES string of the molecule is COc1nc(/C=C/c2nc3n(n2)CCCN3c2ccccc2)ccc1-n1cnc(C)c1. The molecule has 4 aromatic rings. The Morgan fingerprint density at radius 3 is 2.65 bits per heavy atom. The summed E-state index contributed by atoms with van der Waals surface area (Å²) < 4.78 is 9.36. The summed E-state index contributed by atoms with van der Waals surface area (Å²) >= 11 is 0. The van der Waals surface area contributed by atoms with E-state index in [1.54, 1.807) is 13.4 Å². The molecule has 4 heterocycles.